The zero-order valence-electron chi connectivity index (χ0n) is 10.6. The maximum absolute atomic E-state index is 11.0. The summed E-state index contributed by atoms with van der Waals surface area (Å²) in [6, 6.07) is 3.45. The van der Waals surface area contributed by atoms with Gasteiger partial charge in [0.05, 0.1) is 0 Å². The van der Waals surface area contributed by atoms with Crippen molar-refractivity contribution in [3.63, 3.8) is 0 Å². The van der Waals surface area contributed by atoms with E-state index in [0.717, 1.165) is 5.75 Å². The molecule has 0 saturated carbocycles. The second-order valence-corrected chi connectivity index (χ2v) is 4.97. The van der Waals surface area contributed by atoms with Gasteiger partial charge >= 0.3 is 5.97 Å². The summed E-state index contributed by atoms with van der Waals surface area (Å²) in [4.78, 5) is 15.0. The fraction of sp³-hybridized carbons (Fsp3) is 0.385. The summed E-state index contributed by atoms with van der Waals surface area (Å²) in [7, 11) is 0. The van der Waals surface area contributed by atoms with Gasteiger partial charge in [0.1, 0.15) is 17.5 Å². The van der Waals surface area contributed by atoms with Gasteiger partial charge in [-0.05, 0) is 36.6 Å². The van der Waals surface area contributed by atoms with E-state index in [1.165, 1.54) is 24.4 Å². The number of aromatic hydroxyl groups is 2. The summed E-state index contributed by atoms with van der Waals surface area (Å²) in [6.45, 7) is 0. The Bertz CT molecular complexity index is 462. The number of phenolic OH excluding ortho intramolecular Hbond substituents is 2. The monoisotopic (exact) mass is 283 g/mol. The van der Waals surface area contributed by atoms with Gasteiger partial charge in [0, 0.05) is 18.2 Å². The number of benzene rings is 1. The topological polar surface area (TPSA) is 90.1 Å². The van der Waals surface area contributed by atoms with Gasteiger partial charge in [-0.1, -0.05) is 0 Å². The van der Waals surface area contributed by atoms with Crippen LogP contribution < -0.4 is 0 Å². The van der Waals surface area contributed by atoms with Crippen molar-refractivity contribution in [2.45, 2.75) is 18.9 Å². The normalized spacial score (nSPS) is 12.7. The first kappa shape index (κ1) is 15.4. The lowest BCUT2D eigenvalue weighted by Gasteiger charge is -2.06. The average molecular weight is 283 g/mol. The Morgan fingerprint density at radius 3 is 2.84 bits per heavy atom. The molecule has 0 aliphatic rings. The number of nitrogens with zero attached hydrogens (tertiary/aromatic N) is 1. The number of thioether (sulfide) groups is 1. The van der Waals surface area contributed by atoms with Crippen molar-refractivity contribution in [2.75, 3.05) is 12.0 Å². The summed E-state index contributed by atoms with van der Waals surface area (Å²) >= 11 is 1.57. The van der Waals surface area contributed by atoms with Crippen molar-refractivity contribution < 1.29 is 20.1 Å². The molecule has 0 aliphatic heterocycles. The van der Waals surface area contributed by atoms with E-state index in [1.54, 1.807) is 11.8 Å². The molecule has 0 heterocycles. The molecule has 0 fully saturated rings. The number of aliphatic imine (C=N–C) groups is 1. The van der Waals surface area contributed by atoms with Crippen molar-refractivity contribution >= 4 is 23.9 Å². The van der Waals surface area contributed by atoms with Crippen molar-refractivity contribution in [1.82, 2.24) is 0 Å². The van der Waals surface area contributed by atoms with Gasteiger partial charge in [0.25, 0.3) is 0 Å². The number of hydrogen-bond acceptors (Lipinski definition) is 5. The van der Waals surface area contributed by atoms with Crippen LogP contribution in [0.25, 0.3) is 0 Å². The Kier molecular flexibility index (Phi) is 6.21. The lowest BCUT2D eigenvalue weighted by molar-refractivity contribution is -0.138. The van der Waals surface area contributed by atoms with Gasteiger partial charge in [-0.15, -0.1) is 0 Å². The molecule has 1 atom stereocenters. The molecule has 0 aliphatic carbocycles. The molecule has 0 spiro atoms. The number of carboxylic acid groups (broad SMARTS) is 1. The molecule has 1 aromatic rings. The molecule has 104 valence electrons. The van der Waals surface area contributed by atoms with E-state index in [2.05, 4.69) is 4.99 Å². The van der Waals surface area contributed by atoms with E-state index in [9.17, 15) is 15.0 Å². The Morgan fingerprint density at radius 1 is 1.47 bits per heavy atom. The second-order valence-electron chi connectivity index (χ2n) is 3.98. The van der Waals surface area contributed by atoms with E-state index < -0.39 is 12.0 Å². The molecule has 0 aromatic heterocycles. The average Bonchev–Trinajstić information content (AvgIpc) is 2.37. The molecular weight excluding hydrogens is 266 g/mol. The van der Waals surface area contributed by atoms with Crippen LogP contribution in [0.15, 0.2) is 23.2 Å². The molecule has 5 nitrogen and oxygen atoms in total. The maximum Gasteiger partial charge on any atom is 0.328 e. The molecule has 0 amide bonds. The highest BCUT2D eigenvalue weighted by Gasteiger charge is 2.14. The number of carboxylic acids is 1. The molecule has 1 aromatic carbocycles. The zero-order valence-corrected chi connectivity index (χ0v) is 11.4. The molecule has 1 rings (SSSR count). The summed E-state index contributed by atoms with van der Waals surface area (Å²) in [5.41, 5.74) is 0.512. The van der Waals surface area contributed by atoms with Crippen molar-refractivity contribution in [2.24, 2.45) is 4.99 Å². The lowest BCUT2D eigenvalue weighted by Crippen LogP contribution is -2.19. The number of hydrogen-bond donors (Lipinski definition) is 3. The highest BCUT2D eigenvalue weighted by atomic mass is 32.2. The first-order valence-electron chi connectivity index (χ1n) is 5.79. The molecule has 0 saturated heterocycles. The van der Waals surface area contributed by atoms with E-state index >= 15 is 0 Å². The maximum atomic E-state index is 11.0. The minimum absolute atomic E-state index is 0.0540. The minimum atomic E-state index is -0.953. The fourth-order valence-electron chi connectivity index (χ4n) is 1.50. The van der Waals surface area contributed by atoms with E-state index in [4.69, 9.17) is 5.11 Å². The molecule has 0 unspecified atom stereocenters. The summed E-state index contributed by atoms with van der Waals surface area (Å²) in [6.07, 6.45) is 4.13. The summed E-state index contributed by atoms with van der Waals surface area (Å²) < 4.78 is 0. The molecular formula is C13H17NO4S. The number of phenols is 2. The van der Waals surface area contributed by atoms with Crippen molar-refractivity contribution in [3.8, 4) is 11.5 Å². The van der Waals surface area contributed by atoms with Crippen LogP contribution in [0.1, 0.15) is 12.0 Å². The van der Waals surface area contributed by atoms with Crippen LogP contribution in [-0.4, -0.2) is 45.6 Å². The molecule has 0 radical (unpaired) electrons. The van der Waals surface area contributed by atoms with Crippen LogP contribution >= 0.6 is 11.8 Å². The Morgan fingerprint density at radius 2 is 2.21 bits per heavy atom. The standard InChI is InChI=1S/C13H17NO4S/c1-19-7-5-11(13(17)18)14-6-4-9-8-10(15)2-3-12(9)16/h2-3,6,8,11,15-16H,4-5,7H2,1H3,(H,17,18)/t11-/m0/s1. The van der Waals surface area contributed by atoms with E-state index in [-0.39, 0.29) is 17.9 Å². The Balaban J connectivity index is 2.64. The van der Waals surface area contributed by atoms with Crippen LogP contribution in [0.3, 0.4) is 0 Å². The van der Waals surface area contributed by atoms with Gasteiger partial charge in [0.15, 0.2) is 0 Å². The Labute approximate surface area is 116 Å². The quantitative estimate of drug-likeness (QED) is 0.525. The van der Waals surface area contributed by atoms with Crippen LogP contribution in [0, 0.1) is 0 Å². The van der Waals surface area contributed by atoms with Gasteiger partial charge in [-0.2, -0.15) is 11.8 Å². The second kappa shape index (κ2) is 7.68. The SMILES string of the molecule is CSCC[C@H](N=CCc1cc(O)ccc1O)C(=O)O. The van der Waals surface area contributed by atoms with Gasteiger partial charge in [-0.25, -0.2) is 4.79 Å². The first-order valence-corrected chi connectivity index (χ1v) is 7.18. The lowest BCUT2D eigenvalue weighted by atomic mass is 10.1. The number of carbonyl (C=O) groups is 1. The molecule has 6 heteroatoms. The predicted molar refractivity (Wildman–Crippen MR) is 76.4 cm³/mol. The smallest absolute Gasteiger partial charge is 0.328 e. The largest absolute Gasteiger partial charge is 0.508 e. The summed E-state index contributed by atoms with van der Waals surface area (Å²) in [5.74, 6) is -0.116. The van der Waals surface area contributed by atoms with Gasteiger partial charge < -0.3 is 15.3 Å². The zero-order chi connectivity index (χ0) is 14.3. The van der Waals surface area contributed by atoms with Crippen LogP contribution in [0.5, 0.6) is 11.5 Å². The van der Waals surface area contributed by atoms with Gasteiger partial charge in [-0.3, -0.25) is 4.99 Å². The molecule has 0 bridgehead atoms. The first-order chi connectivity index (χ1) is 9.04. The summed E-state index contributed by atoms with van der Waals surface area (Å²) in [5, 5.41) is 27.8. The van der Waals surface area contributed by atoms with Crippen molar-refractivity contribution in [3.05, 3.63) is 23.8 Å². The van der Waals surface area contributed by atoms with Gasteiger partial charge in [0.2, 0.25) is 0 Å². The number of aliphatic carboxylic acids is 1. The molecule has 3 N–H and O–H groups in total. The highest BCUT2D eigenvalue weighted by Crippen LogP contribution is 2.21. The Hall–Kier alpha value is -1.69. The number of rotatable bonds is 7. The predicted octanol–water partition coefficient (Wildman–Crippen LogP) is 1.92. The van der Waals surface area contributed by atoms with Crippen molar-refractivity contribution in [1.29, 1.82) is 0 Å². The van der Waals surface area contributed by atoms with Crippen LogP contribution in [-0.2, 0) is 11.2 Å². The minimum Gasteiger partial charge on any atom is -0.508 e. The van der Waals surface area contributed by atoms with Crippen LogP contribution in [0.2, 0.25) is 0 Å². The third-order valence-electron chi connectivity index (χ3n) is 2.54. The fourth-order valence-corrected chi connectivity index (χ4v) is 1.96. The van der Waals surface area contributed by atoms with E-state index in [0.29, 0.717) is 12.0 Å². The van der Waals surface area contributed by atoms with Crippen LogP contribution in [0.4, 0.5) is 0 Å². The third-order valence-corrected chi connectivity index (χ3v) is 3.18. The third kappa shape index (κ3) is 5.21. The molecule has 19 heavy (non-hydrogen) atoms. The highest BCUT2D eigenvalue weighted by molar-refractivity contribution is 7.98. The van der Waals surface area contributed by atoms with E-state index in [1.807, 2.05) is 6.26 Å².